The van der Waals surface area contributed by atoms with Gasteiger partial charge in [0.05, 0.1) is 6.04 Å². The third-order valence-corrected chi connectivity index (χ3v) is 6.46. The number of benzene rings is 1. The van der Waals surface area contributed by atoms with Gasteiger partial charge in [0.25, 0.3) is 0 Å². The van der Waals surface area contributed by atoms with Gasteiger partial charge in [0.1, 0.15) is 23.9 Å². The Labute approximate surface area is 231 Å². The summed E-state index contributed by atoms with van der Waals surface area (Å²) in [5, 5.41) is 33.6. The Bertz CT molecular complexity index is 1080. The minimum absolute atomic E-state index is 0.0155. The van der Waals surface area contributed by atoms with Crippen LogP contribution in [0.15, 0.2) is 24.3 Å². The van der Waals surface area contributed by atoms with Crippen molar-refractivity contribution in [3.05, 3.63) is 29.8 Å². The lowest BCUT2D eigenvalue weighted by Gasteiger charge is -2.28. The minimum atomic E-state index is -1.30. The third kappa shape index (κ3) is 10.1. The number of nitrogens with zero attached hydrogens (tertiary/aromatic N) is 1. The van der Waals surface area contributed by atoms with Crippen molar-refractivity contribution >= 4 is 35.6 Å². The molecule has 0 saturated carbocycles. The van der Waals surface area contributed by atoms with Crippen LogP contribution in [0.3, 0.4) is 0 Å². The fraction of sp³-hybridized carbons (Fsp3) is 0.520. The lowest BCUT2D eigenvalue weighted by Crippen LogP contribution is -2.57. The highest BCUT2D eigenvalue weighted by Crippen LogP contribution is 2.20. The second-order valence-corrected chi connectivity index (χ2v) is 9.61. The van der Waals surface area contributed by atoms with Gasteiger partial charge >= 0.3 is 5.97 Å². The number of hydrogen-bond acceptors (Lipinski definition) is 8. The maximum atomic E-state index is 13.2. The van der Waals surface area contributed by atoms with E-state index in [-0.39, 0.29) is 56.9 Å². The summed E-state index contributed by atoms with van der Waals surface area (Å²) in [4.78, 5) is 63.7. The number of carboxylic acid groups (broad SMARTS) is 1. The molecule has 0 bridgehead atoms. The first-order valence-corrected chi connectivity index (χ1v) is 12.9. The molecular formula is C25H38N8O7. The van der Waals surface area contributed by atoms with Crippen molar-refractivity contribution < 1.29 is 34.2 Å². The van der Waals surface area contributed by atoms with Crippen molar-refractivity contribution in [2.45, 2.75) is 69.1 Å². The Balaban J connectivity index is 2.06. The molecule has 2 rings (SSSR count). The molecule has 15 nitrogen and oxygen atoms in total. The summed E-state index contributed by atoms with van der Waals surface area (Å²) >= 11 is 0. The number of aromatic hydroxyl groups is 1. The van der Waals surface area contributed by atoms with Crippen LogP contribution in [0.4, 0.5) is 0 Å². The van der Waals surface area contributed by atoms with Crippen molar-refractivity contribution in [3.63, 3.8) is 0 Å². The summed E-state index contributed by atoms with van der Waals surface area (Å²) in [5.41, 5.74) is 17.3. The maximum absolute atomic E-state index is 13.2. The highest BCUT2D eigenvalue weighted by atomic mass is 16.4. The molecule has 1 fully saturated rings. The molecule has 0 aromatic heterocycles. The summed E-state index contributed by atoms with van der Waals surface area (Å²) in [5.74, 6) is -4.11. The quantitative estimate of drug-likeness (QED) is 0.0634. The third-order valence-electron chi connectivity index (χ3n) is 6.46. The number of hydrogen-bond donors (Lipinski definition) is 9. The van der Waals surface area contributed by atoms with E-state index in [0.29, 0.717) is 12.8 Å². The molecule has 40 heavy (non-hydrogen) atoms. The number of phenols is 1. The van der Waals surface area contributed by atoms with Crippen LogP contribution < -0.4 is 33.2 Å². The number of nitrogens with one attached hydrogen (secondary N) is 4. The first-order chi connectivity index (χ1) is 18.9. The number of phenolic OH excluding ortho intramolecular Hbond substituents is 1. The van der Waals surface area contributed by atoms with Crippen molar-refractivity contribution in [1.82, 2.24) is 20.9 Å². The van der Waals surface area contributed by atoms with Crippen LogP contribution in [-0.2, 0) is 30.4 Å². The number of carbonyl (C=O) groups excluding carboxylic acids is 4. The number of aliphatic carboxylic acids is 1. The van der Waals surface area contributed by atoms with E-state index in [1.165, 1.54) is 17.0 Å². The number of amides is 4. The number of guanidine groups is 1. The molecule has 220 valence electrons. The van der Waals surface area contributed by atoms with Crippen molar-refractivity contribution in [3.8, 4) is 5.75 Å². The molecule has 0 aliphatic carbocycles. The van der Waals surface area contributed by atoms with Crippen molar-refractivity contribution in [2.75, 3.05) is 13.1 Å². The molecule has 0 radical (unpaired) electrons. The molecule has 12 N–H and O–H groups in total. The van der Waals surface area contributed by atoms with Crippen LogP contribution in [0, 0.1) is 5.41 Å². The van der Waals surface area contributed by atoms with Gasteiger partial charge in [0.2, 0.25) is 23.6 Å². The van der Waals surface area contributed by atoms with E-state index >= 15 is 0 Å². The van der Waals surface area contributed by atoms with E-state index < -0.39 is 53.8 Å². The highest BCUT2D eigenvalue weighted by Gasteiger charge is 2.38. The molecule has 4 amide bonds. The Morgan fingerprint density at radius 3 is 2.33 bits per heavy atom. The van der Waals surface area contributed by atoms with Gasteiger partial charge in [-0.2, -0.15) is 0 Å². The monoisotopic (exact) mass is 562 g/mol. The molecular weight excluding hydrogens is 524 g/mol. The number of primary amides is 1. The number of carbonyl (C=O) groups is 5. The largest absolute Gasteiger partial charge is 0.508 e. The van der Waals surface area contributed by atoms with Crippen LogP contribution in [0.25, 0.3) is 0 Å². The second-order valence-electron chi connectivity index (χ2n) is 9.61. The summed E-state index contributed by atoms with van der Waals surface area (Å²) in [6, 6.07) is 1.82. The number of likely N-dealkylation sites (tertiary alicyclic amines) is 1. The van der Waals surface area contributed by atoms with Gasteiger partial charge in [-0.3, -0.25) is 24.6 Å². The predicted octanol–water partition coefficient (Wildman–Crippen LogP) is -2.16. The highest BCUT2D eigenvalue weighted by molar-refractivity contribution is 5.94. The predicted molar refractivity (Wildman–Crippen MR) is 144 cm³/mol. The summed E-state index contributed by atoms with van der Waals surface area (Å²) < 4.78 is 0. The molecule has 1 heterocycles. The van der Waals surface area contributed by atoms with Gasteiger partial charge in [0, 0.05) is 19.5 Å². The normalized spacial score (nSPS) is 16.8. The van der Waals surface area contributed by atoms with Crippen LogP contribution in [-0.4, -0.2) is 87.9 Å². The lowest BCUT2D eigenvalue weighted by molar-refractivity contribution is -0.143. The first-order valence-electron chi connectivity index (χ1n) is 12.9. The first kappa shape index (κ1) is 31.8. The maximum Gasteiger partial charge on any atom is 0.326 e. The Hall–Kier alpha value is -4.40. The smallest absolute Gasteiger partial charge is 0.326 e. The van der Waals surface area contributed by atoms with Gasteiger partial charge in [-0.25, -0.2) is 4.79 Å². The molecule has 15 heteroatoms. The summed E-state index contributed by atoms with van der Waals surface area (Å²) in [7, 11) is 0. The molecule has 4 atom stereocenters. The summed E-state index contributed by atoms with van der Waals surface area (Å²) in [6.45, 7) is 0.505. The lowest BCUT2D eigenvalue weighted by atomic mass is 10.0. The molecule has 0 spiro atoms. The molecule has 0 unspecified atom stereocenters. The standard InChI is InChI=1S/C25H38N8O7/c26-16(13-14-5-7-15(34)8-6-14)23(38)33-12-2-4-19(33)22(37)31-17(9-10-20(27)35)21(36)32-18(24(39)40)3-1-11-30-25(28)29/h5-8,16-19,34H,1-4,9-13,26H2,(H2,27,35)(H,31,37)(H,32,36)(H,39,40)(H4,28,29,30)/t16-,17-,18-,19-/m0/s1. The number of rotatable bonds is 15. The zero-order valence-electron chi connectivity index (χ0n) is 22.1. The van der Waals surface area contributed by atoms with Crippen molar-refractivity contribution in [2.24, 2.45) is 17.2 Å². The molecule has 1 aromatic carbocycles. The minimum Gasteiger partial charge on any atom is -0.508 e. The zero-order chi connectivity index (χ0) is 29.8. The van der Waals surface area contributed by atoms with E-state index in [0.717, 1.165) is 5.56 Å². The van der Waals surface area contributed by atoms with Gasteiger partial charge in [-0.05, 0) is 56.2 Å². The van der Waals surface area contributed by atoms with E-state index in [2.05, 4.69) is 16.0 Å². The van der Waals surface area contributed by atoms with Crippen LogP contribution in [0.2, 0.25) is 0 Å². The number of carboxylic acids is 1. The Morgan fingerprint density at radius 2 is 1.73 bits per heavy atom. The molecule has 1 aromatic rings. The van der Waals surface area contributed by atoms with E-state index in [1.807, 2.05) is 0 Å². The fourth-order valence-electron chi connectivity index (χ4n) is 4.37. The molecule has 1 saturated heterocycles. The van der Waals surface area contributed by atoms with Gasteiger partial charge in [-0.1, -0.05) is 12.1 Å². The van der Waals surface area contributed by atoms with E-state index in [9.17, 15) is 34.2 Å². The van der Waals surface area contributed by atoms with Gasteiger partial charge in [-0.15, -0.1) is 0 Å². The van der Waals surface area contributed by atoms with Gasteiger partial charge in [0.15, 0.2) is 5.96 Å². The second kappa shape index (κ2) is 15.3. The zero-order valence-corrected chi connectivity index (χ0v) is 22.1. The van der Waals surface area contributed by atoms with Gasteiger partial charge < -0.3 is 48.3 Å². The van der Waals surface area contributed by atoms with Crippen LogP contribution >= 0.6 is 0 Å². The van der Waals surface area contributed by atoms with E-state index in [1.54, 1.807) is 12.1 Å². The van der Waals surface area contributed by atoms with Crippen LogP contribution in [0.5, 0.6) is 5.75 Å². The molecule has 1 aliphatic rings. The Morgan fingerprint density at radius 1 is 1.05 bits per heavy atom. The fourth-order valence-corrected chi connectivity index (χ4v) is 4.37. The summed E-state index contributed by atoms with van der Waals surface area (Å²) in [6.07, 6.45) is 0.917. The SMILES string of the molecule is N=C(N)NCCC[C@H](NC(=O)[C@H](CCC(N)=O)NC(=O)[C@@H]1CCCN1C(=O)[C@@H](N)Cc1ccc(O)cc1)C(=O)O. The molecule has 1 aliphatic heterocycles. The topological polar surface area (TPSA) is 267 Å². The average molecular weight is 563 g/mol. The van der Waals surface area contributed by atoms with Crippen molar-refractivity contribution in [1.29, 1.82) is 5.41 Å². The Kier molecular flexibility index (Phi) is 12.1. The average Bonchev–Trinajstić information content (AvgIpc) is 3.38. The van der Waals surface area contributed by atoms with Crippen LogP contribution in [0.1, 0.15) is 44.1 Å². The number of nitrogens with two attached hydrogens (primary N) is 3. The van der Waals surface area contributed by atoms with E-state index in [4.69, 9.17) is 22.6 Å².